The average Bonchev–Trinajstić information content (AvgIpc) is 2.60. The third-order valence-electron chi connectivity index (χ3n) is 3.55. The van der Waals surface area contributed by atoms with E-state index in [1.54, 1.807) is 6.07 Å². The molecule has 0 aliphatic carbocycles. The Balaban J connectivity index is 2.88. The minimum absolute atomic E-state index is 0.438. The lowest BCUT2D eigenvalue weighted by Crippen LogP contribution is -2.47. The highest BCUT2D eigenvalue weighted by molar-refractivity contribution is 6.60. The number of benzene rings is 1. The zero-order chi connectivity index (χ0) is 18.8. The van der Waals surface area contributed by atoms with Crippen molar-refractivity contribution in [1.82, 2.24) is 0 Å². The molecule has 1 aromatic rings. The number of aryl methyl sites for hydroxylation is 1. The van der Waals surface area contributed by atoms with Crippen LogP contribution in [0.2, 0.25) is 6.04 Å². The van der Waals surface area contributed by atoms with Crippen LogP contribution < -0.4 is 0 Å². The van der Waals surface area contributed by atoms with E-state index < -0.39 is 20.5 Å². The second kappa shape index (κ2) is 11.0. The monoisotopic (exact) mass is 378 g/mol. The number of halogens is 3. The van der Waals surface area contributed by atoms with Gasteiger partial charge in [0.15, 0.2) is 0 Å². The fourth-order valence-corrected chi connectivity index (χ4v) is 5.14. The highest BCUT2D eigenvalue weighted by Gasteiger charge is 2.40. The lowest BCUT2D eigenvalue weighted by molar-refractivity contribution is -0.137. The van der Waals surface area contributed by atoms with E-state index in [1.165, 1.54) is 12.1 Å². The first-order valence-corrected chi connectivity index (χ1v) is 10.9. The van der Waals surface area contributed by atoms with E-state index in [0.717, 1.165) is 25.3 Å². The molecule has 0 saturated carbocycles. The molecule has 0 atom stereocenters. The molecule has 0 unspecified atom stereocenters. The average molecular weight is 379 g/mol. The third kappa shape index (κ3) is 7.90. The standard InChI is InChI=1S/C18H29F3O3Si/c1-4-11-22-25(23-12-5-2,24-13-6-3)14-10-16-8-7-9-17(15-16)18(19,20)21/h7-9,15H,4-6,10-14H2,1-3H3. The van der Waals surface area contributed by atoms with Crippen molar-refractivity contribution in [2.24, 2.45) is 0 Å². The quantitative estimate of drug-likeness (QED) is 0.452. The zero-order valence-electron chi connectivity index (χ0n) is 15.3. The highest BCUT2D eigenvalue weighted by atomic mass is 28.4. The van der Waals surface area contributed by atoms with Crippen molar-refractivity contribution in [1.29, 1.82) is 0 Å². The first-order chi connectivity index (χ1) is 11.9. The van der Waals surface area contributed by atoms with Crippen LogP contribution in [0.5, 0.6) is 0 Å². The van der Waals surface area contributed by atoms with Gasteiger partial charge in [-0.15, -0.1) is 0 Å². The minimum Gasteiger partial charge on any atom is -0.373 e. The van der Waals surface area contributed by atoms with Gasteiger partial charge in [0, 0.05) is 25.9 Å². The summed E-state index contributed by atoms with van der Waals surface area (Å²) in [5.41, 5.74) is -0.0114. The van der Waals surface area contributed by atoms with Crippen molar-refractivity contribution < 1.29 is 26.4 Å². The molecular formula is C18H29F3O3Si. The molecule has 0 aliphatic rings. The van der Waals surface area contributed by atoms with Gasteiger partial charge < -0.3 is 13.3 Å². The lowest BCUT2D eigenvalue weighted by Gasteiger charge is -2.29. The summed E-state index contributed by atoms with van der Waals surface area (Å²) in [6.45, 7) is 7.61. The second-order valence-electron chi connectivity index (χ2n) is 5.93. The largest absolute Gasteiger partial charge is 0.501 e. The van der Waals surface area contributed by atoms with Gasteiger partial charge in [0.2, 0.25) is 0 Å². The van der Waals surface area contributed by atoms with E-state index in [2.05, 4.69) is 0 Å². The van der Waals surface area contributed by atoms with Crippen molar-refractivity contribution in [3.8, 4) is 0 Å². The smallest absolute Gasteiger partial charge is 0.373 e. The SMILES string of the molecule is CCCO[Si](CCc1cccc(C(F)(F)F)c1)(OCCC)OCCC. The van der Waals surface area contributed by atoms with Crippen molar-refractivity contribution in [2.75, 3.05) is 19.8 Å². The van der Waals surface area contributed by atoms with Gasteiger partial charge in [-0.1, -0.05) is 39.0 Å². The summed E-state index contributed by atoms with van der Waals surface area (Å²) in [4.78, 5) is 0. The summed E-state index contributed by atoms with van der Waals surface area (Å²) in [6, 6.07) is 5.90. The zero-order valence-corrected chi connectivity index (χ0v) is 16.3. The van der Waals surface area contributed by atoms with E-state index >= 15 is 0 Å². The van der Waals surface area contributed by atoms with Crippen molar-refractivity contribution in [3.63, 3.8) is 0 Å². The molecule has 0 bridgehead atoms. The highest BCUT2D eigenvalue weighted by Crippen LogP contribution is 2.30. The Labute approximate surface area is 149 Å². The molecule has 0 heterocycles. The van der Waals surface area contributed by atoms with Crippen LogP contribution in [0.15, 0.2) is 24.3 Å². The maximum Gasteiger partial charge on any atom is 0.501 e. The predicted octanol–water partition coefficient (Wildman–Crippen LogP) is 5.47. The summed E-state index contributed by atoms with van der Waals surface area (Å²) in [5, 5.41) is 0. The van der Waals surface area contributed by atoms with Crippen molar-refractivity contribution in [3.05, 3.63) is 35.4 Å². The van der Waals surface area contributed by atoms with Crippen LogP contribution in [0, 0.1) is 0 Å². The van der Waals surface area contributed by atoms with Gasteiger partial charge in [-0.3, -0.25) is 0 Å². The Kier molecular flexibility index (Phi) is 9.71. The van der Waals surface area contributed by atoms with Crippen LogP contribution in [-0.2, 0) is 25.9 Å². The Morgan fingerprint density at radius 2 is 1.40 bits per heavy atom. The van der Waals surface area contributed by atoms with Gasteiger partial charge in [-0.05, 0) is 37.3 Å². The van der Waals surface area contributed by atoms with Crippen molar-refractivity contribution >= 4 is 8.80 Å². The molecule has 25 heavy (non-hydrogen) atoms. The molecule has 0 fully saturated rings. The Morgan fingerprint density at radius 3 is 1.84 bits per heavy atom. The van der Waals surface area contributed by atoms with Gasteiger partial charge in [0.05, 0.1) is 5.56 Å². The third-order valence-corrected chi connectivity index (χ3v) is 6.35. The van der Waals surface area contributed by atoms with Gasteiger partial charge >= 0.3 is 15.0 Å². The van der Waals surface area contributed by atoms with E-state index in [0.29, 0.717) is 37.8 Å². The summed E-state index contributed by atoms with van der Waals surface area (Å²) in [6.07, 6.45) is -1.39. The fourth-order valence-electron chi connectivity index (χ4n) is 2.31. The summed E-state index contributed by atoms with van der Waals surface area (Å²) >= 11 is 0. The van der Waals surface area contributed by atoms with Crippen LogP contribution in [0.3, 0.4) is 0 Å². The van der Waals surface area contributed by atoms with E-state index in [1.807, 2.05) is 20.8 Å². The molecular weight excluding hydrogens is 349 g/mol. The maximum atomic E-state index is 12.9. The van der Waals surface area contributed by atoms with E-state index in [9.17, 15) is 13.2 Å². The number of rotatable bonds is 12. The van der Waals surface area contributed by atoms with Crippen LogP contribution >= 0.6 is 0 Å². The first kappa shape index (κ1) is 22.1. The molecule has 7 heteroatoms. The number of hydrogen-bond acceptors (Lipinski definition) is 3. The van der Waals surface area contributed by atoms with Crippen LogP contribution in [-0.4, -0.2) is 28.6 Å². The molecule has 0 N–H and O–H groups in total. The predicted molar refractivity (Wildman–Crippen MR) is 94.4 cm³/mol. The molecule has 0 spiro atoms. The van der Waals surface area contributed by atoms with E-state index in [4.69, 9.17) is 13.3 Å². The first-order valence-electron chi connectivity index (χ1n) is 8.95. The van der Waals surface area contributed by atoms with Crippen LogP contribution in [0.25, 0.3) is 0 Å². The Hall–Kier alpha value is -0.893. The molecule has 3 nitrogen and oxygen atoms in total. The summed E-state index contributed by atoms with van der Waals surface area (Å²) < 4.78 is 56.6. The molecule has 0 aliphatic heterocycles. The minimum atomic E-state index is -4.33. The van der Waals surface area contributed by atoms with Crippen LogP contribution in [0.1, 0.15) is 51.2 Å². The Bertz CT molecular complexity index is 473. The topological polar surface area (TPSA) is 27.7 Å². The molecule has 0 radical (unpaired) electrons. The van der Waals surface area contributed by atoms with E-state index in [-0.39, 0.29) is 0 Å². The van der Waals surface area contributed by atoms with Gasteiger partial charge in [-0.25, -0.2) is 0 Å². The summed E-state index contributed by atoms with van der Waals surface area (Å²) in [5.74, 6) is 0. The number of hydrogen-bond donors (Lipinski definition) is 0. The summed E-state index contributed by atoms with van der Waals surface area (Å²) in [7, 11) is -2.89. The van der Waals surface area contributed by atoms with Gasteiger partial charge in [0.25, 0.3) is 0 Å². The molecule has 1 aromatic carbocycles. The molecule has 144 valence electrons. The Morgan fingerprint density at radius 1 is 0.880 bits per heavy atom. The number of alkyl halides is 3. The molecule has 0 amide bonds. The van der Waals surface area contributed by atoms with Gasteiger partial charge in [-0.2, -0.15) is 13.2 Å². The van der Waals surface area contributed by atoms with Crippen LogP contribution in [0.4, 0.5) is 13.2 Å². The lowest BCUT2D eigenvalue weighted by atomic mass is 10.1. The normalized spacial score (nSPS) is 12.6. The van der Waals surface area contributed by atoms with Crippen molar-refractivity contribution in [2.45, 2.75) is 58.7 Å². The molecule has 0 saturated heterocycles. The molecule has 1 rings (SSSR count). The second-order valence-corrected chi connectivity index (χ2v) is 8.66. The fraction of sp³-hybridized carbons (Fsp3) is 0.667. The maximum absolute atomic E-state index is 12.9. The molecule has 0 aromatic heterocycles. The van der Waals surface area contributed by atoms with Gasteiger partial charge in [0.1, 0.15) is 0 Å².